The molecule has 1 aliphatic heterocycles. The molecule has 0 aromatic carbocycles. The molecule has 0 spiro atoms. The van der Waals surface area contributed by atoms with Crippen molar-refractivity contribution >= 4 is 22.2 Å². The van der Waals surface area contributed by atoms with Crippen molar-refractivity contribution in [2.24, 2.45) is 0 Å². The predicted octanol–water partition coefficient (Wildman–Crippen LogP) is 2.96. The van der Waals surface area contributed by atoms with E-state index in [1.807, 2.05) is 11.8 Å². The van der Waals surface area contributed by atoms with Crippen molar-refractivity contribution in [1.29, 1.82) is 0 Å². The molecule has 35 heavy (non-hydrogen) atoms. The fraction of sp³-hybridized carbons (Fsp3) is 0.524. The largest absolute Gasteiger partial charge is 0.464 e. The van der Waals surface area contributed by atoms with Gasteiger partial charge in [-0.05, 0) is 27.7 Å². The summed E-state index contributed by atoms with van der Waals surface area (Å²) in [7, 11) is 0. The minimum absolute atomic E-state index is 0.0601. The molecule has 1 saturated heterocycles. The summed E-state index contributed by atoms with van der Waals surface area (Å²) in [6.45, 7) is 8.68. The predicted molar refractivity (Wildman–Crippen MR) is 122 cm³/mol. The van der Waals surface area contributed by atoms with Crippen molar-refractivity contribution in [3.63, 3.8) is 0 Å². The Morgan fingerprint density at radius 2 is 1.91 bits per heavy atom. The van der Waals surface area contributed by atoms with Gasteiger partial charge < -0.3 is 14.5 Å². The fourth-order valence-electron chi connectivity index (χ4n) is 3.92. The van der Waals surface area contributed by atoms with Crippen LogP contribution in [0.1, 0.15) is 30.5 Å². The van der Waals surface area contributed by atoms with E-state index >= 15 is 0 Å². The quantitative estimate of drug-likeness (QED) is 0.499. The third-order valence-electron chi connectivity index (χ3n) is 5.51. The maximum absolute atomic E-state index is 13.5. The maximum Gasteiger partial charge on any atom is 0.443 e. The van der Waals surface area contributed by atoms with Crippen molar-refractivity contribution in [3.05, 3.63) is 29.1 Å². The number of carbonyl (C=O) groups excluding carboxylic acids is 1. The molecule has 0 aliphatic carbocycles. The second-order valence-electron chi connectivity index (χ2n) is 8.10. The number of alkyl halides is 3. The Hall–Kier alpha value is -3.29. The molecule has 1 aliphatic rings. The number of nitrogens with zero attached hydrogens (tertiary/aromatic N) is 8. The van der Waals surface area contributed by atoms with Gasteiger partial charge in [0, 0.05) is 43.6 Å². The van der Waals surface area contributed by atoms with Gasteiger partial charge in [0.15, 0.2) is 0 Å². The number of aromatic nitrogens is 6. The first kappa shape index (κ1) is 24.8. The van der Waals surface area contributed by atoms with Crippen molar-refractivity contribution in [2.75, 3.05) is 31.1 Å². The van der Waals surface area contributed by atoms with Crippen LogP contribution in [-0.4, -0.2) is 72.8 Å². The van der Waals surface area contributed by atoms with Crippen LogP contribution in [0.2, 0.25) is 0 Å². The first-order valence-corrected chi connectivity index (χ1v) is 11.8. The number of halogens is 3. The lowest BCUT2D eigenvalue weighted by atomic mass is 10.1. The number of aryl methyl sites for hydroxylation is 2. The Morgan fingerprint density at radius 3 is 2.49 bits per heavy atom. The SMILES string of the molecule is CCOc1ncc(-c2nc(C(F)(F)F)sc2N2CCN(C(=O)Cn3nc(C)nc3C)[C@@H](C)C2)cn1. The molecule has 0 N–H and O–H groups in total. The van der Waals surface area contributed by atoms with Crippen LogP contribution < -0.4 is 9.64 Å². The van der Waals surface area contributed by atoms with E-state index in [1.54, 1.807) is 30.4 Å². The van der Waals surface area contributed by atoms with Gasteiger partial charge in [-0.1, -0.05) is 11.3 Å². The third-order valence-corrected chi connectivity index (χ3v) is 6.67. The monoisotopic (exact) mass is 510 g/mol. The molecule has 1 fully saturated rings. The van der Waals surface area contributed by atoms with E-state index in [9.17, 15) is 18.0 Å². The van der Waals surface area contributed by atoms with Gasteiger partial charge in [0.2, 0.25) is 10.9 Å². The molecule has 0 radical (unpaired) electrons. The Labute approximate surface area is 203 Å². The van der Waals surface area contributed by atoms with E-state index in [-0.39, 0.29) is 30.2 Å². The topological polar surface area (TPSA) is 102 Å². The Bertz CT molecular complexity index is 1190. The summed E-state index contributed by atoms with van der Waals surface area (Å²) in [6, 6.07) is -0.0929. The van der Waals surface area contributed by atoms with Crippen LogP contribution in [0.5, 0.6) is 6.01 Å². The van der Waals surface area contributed by atoms with Gasteiger partial charge in [0.1, 0.15) is 28.9 Å². The van der Waals surface area contributed by atoms with Crippen LogP contribution in [0.15, 0.2) is 12.4 Å². The molecule has 3 aromatic heterocycles. The van der Waals surface area contributed by atoms with Crippen molar-refractivity contribution in [1.82, 2.24) is 34.6 Å². The van der Waals surface area contributed by atoms with Gasteiger partial charge in [0.25, 0.3) is 0 Å². The fourth-order valence-corrected chi connectivity index (χ4v) is 4.91. The normalized spacial score (nSPS) is 16.6. The standard InChI is InChI=1S/C21H25F3N8O2S/c1-5-34-20-25-8-15(9-26-20)17-18(35-19(28-17)21(22,23)24)30-6-7-31(12(2)10-30)16(33)11-32-14(4)27-13(3)29-32/h8-9,12H,5-7,10-11H2,1-4H3/t12-/m0/s1. The van der Waals surface area contributed by atoms with E-state index in [0.29, 0.717) is 59.8 Å². The maximum atomic E-state index is 13.5. The van der Waals surface area contributed by atoms with E-state index < -0.39 is 11.2 Å². The molecule has 0 saturated carbocycles. The van der Waals surface area contributed by atoms with Crippen LogP contribution >= 0.6 is 11.3 Å². The molecule has 4 heterocycles. The Kier molecular flexibility index (Phi) is 6.92. The zero-order valence-electron chi connectivity index (χ0n) is 19.7. The van der Waals surface area contributed by atoms with E-state index in [1.165, 1.54) is 12.4 Å². The number of amides is 1. The summed E-state index contributed by atoms with van der Waals surface area (Å²) in [5.74, 6) is 1.11. The average Bonchev–Trinajstić information content (AvgIpc) is 3.37. The highest BCUT2D eigenvalue weighted by Crippen LogP contribution is 2.43. The number of ether oxygens (including phenoxy) is 1. The lowest BCUT2D eigenvalue weighted by molar-refractivity contribution is -0.137. The van der Waals surface area contributed by atoms with Crippen LogP contribution in [-0.2, 0) is 17.5 Å². The molecular formula is C21H25F3N8O2S. The molecule has 188 valence electrons. The lowest BCUT2D eigenvalue weighted by Gasteiger charge is -2.40. The lowest BCUT2D eigenvalue weighted by Crippen LogP contribution is -2.54. The zero-order valence-corrected chi connectivity index (χ0v) is 20.5. The minimum atomic E-state index is -4.58. The van der Waals surface area contributed by atoms with Gasteiger partial charge in [-0.15, -0.1) is 0 Å². The molecule has 1 atom stereocenters. The highest BCUT2D eigenvalue weighted by molar-refractivity contribution is 7.16. The van der Waals surface area contributed by atoms with Gasteiger partial charge >= 0.3 is 12.2 Å². The highest BCUT2D eigenvalue weighted by Gasteiger charge is 2.38. The van der Waals surface area contributed by atoms with Crippen LogP contribution in [0.3, 0.4) is 0 Å². The molecule has 10 nitrogen and oxygen atoms in total. The molecule has 0 bridgehead atoms. The second-order valence-corrected chi connectivity index (χ2v) is 9.08. The number of carbonyl (C=O) groups is 1. The van der Waals surface area contributed by atoms with Gasteiger partial charge in [-0.25, -0.2) is 24.6 Å². The van der Waals surface area contributed by atoms with Gasteiger partial charge in [0.05, 0.1) is 6.61 Å². The number of hydrogen-bond donors (Lipinski definition) is 0. The summed E-state index contributed by atoms with van der Waals surface area (Å²) >= 11 is 0.578. The molecule has 1 amide bonds. The minimum Gasteiger partial charge on any atom is -0.464 e. The molecule has 0 unspecified atom stereocenters. The zero-order chi connectivity index (χ0) is 25.3. The van der Waals surface area contributed by atoms with Crippen molar-refractivity contribution < 1.29 is 22.7 Å². The average molecular weight is 511 g/mol. The Morgan fingerprint density at radius 1 is 1.20 bits per heavy atom. The van der Waals surface area contributed by atoms with E-state index in [0.717, 1.165) is 0 Å². The molecule has 3 aromatic rings. The first-order chi connectivity index (χ1) is 16.6. The summed E-state index contributed by atoms with van der Waals surface area (Å²) in [5.41, 5.74) is 0.518. The summed E-state index contributed by atoms with van der Waals surface area (Å²) in [5, 5.41) is 3.66. The van der Waals surface area contributed by atoms with Crippen LogP contribution in [0, 0.1) is 13.8 Å². The summed E-state index contributed by atoms with van der Waals surface area (Å²) in [4.78, 5) is 32.7. The number of thiazole rings is 1. The highest BCUT2D eigenvalue weighted by atomic mass is 32.1. The van der Waals surface area contributed by atoms with Gasteiger partial charge in [-0.3, -0.25) is 4.79 Å². The summed E-state index contributed by atoms with van der Waals surface area (Å²) < 4.78 is 47.4. The molecule has 14 heteroatoms. The van der Waals surface area contributed by atoms with Crippen molar-refractivity contribution in [3.8, 4) is 17.3 Å². The molecule has 4 rings (SSSR count). The number of rotatable bonds is 6. The molecular weight excluding hydrogens is 485 g/mol. The smallest absolute Gasteiger partial charge is 0.443 e. The van der Waals surface area contributed by atoms with E-state index in [4.69, 9.17) is 4.74 Å². The second kappa shape index (κ2) is 9.76. The van der Waals surface area contributed by atoms with Crippen LogP contribution in [0.25, 0.3) is 11.3 Å². The first-order valence-electron chi connectivity index (χ1n) is 11.0. The number of piperazine rings is 1. The number of anilines is 1. The van der Waals surface area contributed by atoms with Crippen LogP contribution in [0.4, 0.5) is 18.2 Å². The summed E-state index contributed by atoms with van der Waals surface area (Å²) in [6.07, 6.45) is -1.77. The third kappa shape index (κ3) is 5.36. The Balaban J connectivity index is 1.55. The van der Waals surface area contributed by atoms with Gasteiger partial charge in [-0.2, -0.15) is 18.3 Å². The number of hydrogen-bond acceptors (Lipinski definition) is 9. The van der Waals surface area contributed by atoms with Crippen molar-refractivity contribution in [2.45, 2.75) is 46.5 Å². The van der Waals surface area contributed by atoms with E-state index in [2.05, 4.69) is 25.0 Å².